The first-order chi connectivity index (χ1) is 16.7. The van der Waals surface area contributed by atoms with Crippen LogP contribution in [0.2, 0.25) is 0 Å². The van der Waals surface area contributed by atoms with E-state index in [1.54, 1.807) is 36.4 Å². The van der Waals surface area contributed by atoms with Crippen LogP contribution in [0.4, 0.5) is 11.4 Å². The molecule has 7 nitrogen and oxygen atoms in total. The topological polar surface area (TPSA) is 88.9 Å². The summed E-state index contributed by atoms with van der Waals surface area (Å²) in [7, 11) is 0. The van der Waals surface area contributed by atoms with E-state index >= 15 is 0 Å². The van der Waals surface area contributed by atoms with Gasteiger partial charge in [0.2, 0.25) is 0 Å². The van der Waals surface area contributed by atoms with Gasteiger partial charge < -0.3 is 15.2 Å². The van der Waals surface area contributed by atoms with Crippen LogP contribution < -0.4 is 10.6 Å². The average molecular weight is 452 g/mol. The van der Waals surface area contributed by atoms with Gasteiger partial charge in [-0.2, -0.15) is 0 Å². The maximum Gasteiger partial charge on any atom is 0.255 e. The smallest absolute Gasteiger partial charge is 0.255 e. The summed E-state index contributed by atoms with van der Waals surface area (Å²) in [5, 5.41) is 14.5. The molecule has 0 saturated heterocycles. The Morgan fingerprint density at radius 2 is 1.29 bits per heavy atom. The van der Waals surface area contributed by atoms with Gasteiger partial charge in [-0.25, -0.2) is 0 Å². The van der Waals surface area contributed by atoms with Crippen LogP contribution in [0, 0.1) is 0 Å². The number of aromatic nitrogens is 3. The molecular weight excluding hydrogens is 426 g/mol. The fourth-order valence-corrected chi connectivity index (χ4v) is 4.10. The first-order valence-corrected chi connectivity index (χ1v) is 11.5. The van der Waals surface area contributed by atoms with Crippen LogP contribution in [0.5, 0.6) is 0 Å². The van der Waals surface area contributed by atoms with Crippen LogP contribution in [0.3, 0.4) is 0 Å². The highest BCUT2D eigenvalue weighted by atomic mass is 16.2. The van der Waals surface area contributed by atoms with Crippen molar-refractivity contribution in [2.75, 3.05) is 10.6 Å². The molecular formula is C27H25N5O2. The molecule has 4 aromatic rings. The molecule has 1 aliphatic heterocycles. The van der Waals surface area contributed by atoms with Crippen molar-refractivity contribution in [2.24, 2.45) is 0 Å². The first kappa shape index (κ1) is 21.6. The molecule has 0 radical (unpaired) electrons. The van der Waals surface area contributed by atoms with Gasteiger partial charge in [0.05, 0.1) is 0 Å². The Morgan fingerprint density at radius 1 is 0.676 bits per heavy atom. The molecule has 0 aliphatic carbocycles. The van der Waals surface area contributed by atoms with Gasteiger partial charge in [0.25, 0.3) is 11.8 Å². The number of nitrogens with one attached hydrogen (secondary N) is 2. The number of fused-ring (bicyclic) bond motifs is 1. The van der Waals surface area contributed by atoms with Crippen molar-refractivity contribution in [3.05, 3.63) is 95.8 Å². The molecule has 0 fully saturated rings. The van der Waals surface area contributed by atoms with Gasteiger partial charge in [0.1, 0.15) is 5.82 Å². The quantitative estimate of drug-likeness (QED) is 0.438. The summed E-state index contributed by atoms with van der Waals surface area (Å²) < 4.78 is 2.21. The summed E-state index contributed by atoms with van der Waals surface area (Å²) in [6.45, 7) is 0.942. The van der Waals surface area contributed by atoms with Crippen molar-refractivity contribution in [1.29, 1.82) is 0 Å². The second-order valence-electron chi connectivity index (χ2n) is 8.33. The average Bonchev–Trinajstić information content (AvgIpc) is 3.13. The van der Waals surface area contributed by atoms with Crippen molar-refractivity contribution < 1.29 is 9.59 Å². The van der Waals surface area contributed by atoms with E-state index in [2.05, 4.69) is 25.4 Å². The van der Waals surface area contributed by atoms with Crippen LogP contribution in [0.15, 0.2) is 78.9 Å². The van der Waals surface area contributed by atoms with Crippen LogP contribution in [-0.2, 0) is 13.0 Å². The molecule has 0 atom stereocenters. The molecule has 0 spiro atoms. The molecule has 2 N–H and O–H groups in total. The van der Waals surface area contributed by atoms with Crippen molar-refractivity contribution in [1.82, 2.24) is 14.8 Å². The number of benzene rings is 3. The monoisotopic (exact) mass is 451 g/mol. The summed E-state index contributed by atoms with van der Waals surface area (Å²) in [5.41, 5.74) is 3.39. The highest BCUT2D eigenvalue weighted by molar-refractivity contribution is 6.06. The van der Waals surface area contributed by atoms with E-state index in [0.717, 1.165) is 43.0 Å². The molecule has 0 bridgehead atoms. The number of carbonyl (C=O) groups excluding carboxylic acids is 2. The molecule has 1 aliphatic rings. The lowest BCUT2D eigenvalue weighted by Gasteiger charge is -2.09. The maximum absolute atomic E-state index is 12.7. The van der Waals surface area contributed by atoms with E-state index in [1.807, 2.05) is 42.5 Å². The fraction of sp³-hybridized carbons (Fsp3) is 0.185. The predicted octanol–water partition coefficient (Wildman–Crippen LogP) is 5.18. The Hall–Kier alpha value is -4.26. The van der Waals surface area contributed by atoms with Crippen LogP contribution >= 0.6 is 0 Å². The Morgan fingerprint density at radius 3 is 1.97 bits per heavy atom. The minimum Gasteiger partial charge on any atom is -0.322 e. The third-order valence-corrected chi connectivity index (χ3v) is 5.95. The van der Waals surface area contributed by atoms with Crippen molar-refractivity contribution in [3.8, 4) is 11.4 Å². The largest absolute Gasteiger partial charge is 0.322 e. The van der Waals surface area contributed by atoms with E-state index in [9.17, 15) is 9.59 Å². The summed E-state index contributed by atoms with van der Waals surface area (Å²) >= 11 is 0. The lowest BCUT2D eigenvalue weighted by Crippen LogP contribution is -2.13. The third-order valence-electron chi connectivity index (χ3n) is 5.95. The summed E-state index contributed by atoms with van der Waals surface area (Å²) in [5.74, 6) is 1.52. The van der Waals surface area contributed by atoms with Crippen LogP contribution in [-0.4, -0.2) is 26.6 Å². The van der Waals surface area contributed by atoms with E-state index in [4.69, 9.17) is 0 Å². The number of amides is 2. The van der Waals surface area contributed by atoms with E-state index in [-0.39, 0.29) is 11.8 Å². The zero-order valence-electron chi connectivity index (χ0n) is 18.7. The van der Waals surface area contributed by atoms with Crippen molar-refractivity contribution >= 4 is 23.2 Å². The Kier molecular flexibility index (Phi) is 6.16. The normalized spacial score (nSPS) is 12.9. The molecule has 7 heteroatoms. The standard InChI is InChI=1S/C27H25N5O2/c33-26(20-7-3-1-4-8-20)28-23-16-12-21(13-17-23)27(34)29-22-14-10-19(11-15-22)25-31-30-24-9-5-2-6-18-32(24)25/h1,3-4,7-8,10-17H,2,5-6,9,18H2,(H,28,33)(H,29,34). The maximum atomic E-state index is 12.7. The minimum absolute atomic E-state index is 0.192. The second-order valence-corrected chi connectivity index (χ2v) is 8.33. The van der Waals surface area contributed by atoms with Gasteiger partial charge in [-0.3, -0.25) is 9.59 Å². The van der Waals surface area contributed by atoms with E-state index in [1.165, 1.54) is 6.42 Å². The van der Waals surface area contributed by atoms with Crippen LogP contribution in [0.1, 0.15) is 45.8 Å². The zero-order valence-corrected chi connectivity index (χ0v) is 18.7. The molecule has 5 rings (SSSR count). The van der Waals surface area contributed by atoms with Crippen molar-refractivity contribution in [3.63, 3.8) is 0 Å². The van der Waals surface area contributed by atoms with Gasteiger partial charge in [-0.15, -0.1) is 10.2 Å². The number of aryl methyl sites for hydroxylation is 1. The number of anilines is 2. The van der Waals surface area contributed by atoms with E-state index < -0.39 is 0 Å². The van der Waals surface area contributed by atoms with Gasteiger partial charge in [0.15, 0.2) is 5.82 Å². The van der Waals surface area contributed by atoms with Crippen molar-refractivity contribution in [2.45, 2.75) is 32.2 Å². The van der Waals surface area contributed by atoms with Gasteiger partial charge in [-0.1, -0.05) is 24.6 Å². The number of rotatable bonds is 5. The molecule has 170 valence electrons. The van der Waals surface area contributed by atoms with Gasteiger partial charge in [0, 0.05) is 41.0 Å². The molecule has 2 amide bonds. The van der Waals surface area contributed by atoms with Gasteiger partial charge in [-0.05, 0) is 73.5 Å². The Balaban J connectivity index is 1.22. The molecule has 3 aromatic carbocycles. The number of hydrogen-bond acceptors (Lipinski definition) is 4. The molecule has 0 saturated carbocycles. The van der Waals surface area contributed by atoms with Gasteiger partial charge >= 0.3 is 0 Å². The summed E-state index contributed by atoms with van der Waals surface area (Å²) in [6, 6.07) is 23.5. The SMILES string of the molecule is O=C(Nc1ccc(C(=O)Nc2ccc(-c3nnc4n3CCCCC4)cc2)cc1)c1ccccc1. The molecule has 2 heterocycles. The molecule has 0 unspecified atom stereocenters. The Bertz CT molecular complexity index is 1300. The number of hydrogen-bond donors (Lipinski definition) is 2. The zero-order chi connectivity index (χ0) is 23.3. The second kappa shape index (κ2) is 9.70. The third kappa shape index (κ3) is 4.73. The fourth-order valence-electron chi connectivity index (χ4n) is 4.10. The summed E-state index contributed by atoms with van der Waals surface area (Å²) in [4.78, 5) is 25.0. The van der Waals surface area contributed by atoms with Crippen LogP contribution in [0.25, 0.3) is 11.4 Å². The lowest BCUT2D eigenvalue weighted by atomic mass is 10.1. The Labute approximate surface area is 197 Å². The number of carbonyl (C=O) groups is 2. The first-order valence-electron chi connectivity index (χ1n) is 11.5. The molecule has 34 heavy (non-hydrogen) atoms. The summed E-state index contributed by atoms with van der Waals surface area (Å²) in [6.07, 6.45) is 4.48. The lowest BCUT2D eigenvalue weighted by molar-refractivity contribution is 0.102. The number of nitrogens with zero attached hydrogens (tertiary/aromatic N) is 3. The highest BCUT2D eigenvalue weighted by Gasteiger charge is 2.16. The highest BCUT2D eigenvalue weighted by Crippen LogP contribution is 2.24. The van der Waals surface area contributed by atoms with E-state index in [0.29, 0.717) is 22.5 Å². The molecule has 1 aromatic heterocycles. The predicted molar refractivity (Wildman–Crippen MR) is 132 cm³/mol. The minimum atomic E-state index is -0.218.